The number of nitrogens with one attached hydrogen (secondary N) is 1. The molecule has 2 heterocycles. The van der Waals surface area contributed by atoms with Crippen molar-refractivity contribution in [3.63, 3.8) is 0 Å². The molecule has 1 aliphatic rings. The molecule has 4 rings (SSSR count). The molecule has 0 saturated carbocycles. The fourth-order valence-corrected chi connectivity index (χ4v) is 4.34. The Kier molecular flexibility index (Phi) is 6.24. The molecule has 6 nitrogen and oxygen atoms in total. The van der Waals surface area contributed by atoms with Crippen LogP contribution in [0.25, 0.3) is 10.9 Å². The summed E-state index contributed by atoms with van der Waals surface area (Å²) in [6.45, 7) is 7.32. The van der Waals surface area contributed by atoms with Crippen molar-refractivity contribution in [3.05, 3.63) is 70.4 Å². The number of fused-ring (bicyclic) bond motifs is 2. The van der Waals surface area contributed by atoms with Crippen molar-refractivity contribution in [2.75, 3.05) is 18.9 Å². The van der Waals surface area contributed by atoms with E-state index in [9.17, 15) is 9.59 Å². The van der Waals surface area contributed by atoms with Crippen LogP contribution >= 0.6 is 0 Å². The summed E-state index contributed by atoms with van der Waals surface area (Å²) in [5.74, 6) is -0.798. The van der Waals surface area contributed by atoms with Gasteiger partial charge in [-0.25, -0.2) is 4.79 Å². The number of ether oxygens (including phenoxy) is 1. The second-order valence-corrected chi connectivity index (χ2v) is 8.58. The van der Waals surface area contributed by atoms with E-state index >= 15 is 0 Å². The molecule has 0 saturated heterocycles. The summed E-state index contributed by atoms with van der Waals surface area (Å²) in [5, 5.41) is 3.66. The normalized spacial score (nSPS) is 14.6. The van der Waals surface area contributed by atoms with Crippen LogP contribution in [0.1, 0.15) is 46.1 Å². The molecule has 0 bridgehead atoms. The first-order chi connectivity index (χ1) is 15.4. The Morgan fingerprint density at radius 3 is 2.59 bits per heavy atom. The van der Waals surface area contributed by atoms with Crippen LogP contribution in [0.4, 0.5) is 5.69 Å². The number of pyridine rings is 1. The summed E-state index contributed by atoms with van der Waals surface area (Å²) in [6.07, 6.45) is 0.279. The van der Waals surface area contributed by atoms with Crippen LogP contribution in [0.15, 0.2) is 42.5 Å². The standard InChI is InChI=1S/C26H29N3O3/c1-5-23(25(30)27-18-13-16(2)12-17(3)14-18)32-26(31)24-19-8-6-7-9-21(19)28-22-10-11-29(4)15-20(22)24/h6-9,12-14,23H,5,10-11,15H2,1-4H3,(H,27,30). The Balaban J connectivity index is 1.63. The van der Waals surface area contributed by atoms with Crippen LogP contribution in [-0.2, 0) is 22.5 Å². The monoisotopic (exact) mass is 431 g/mol. The van der Waals surface area contributed by atoms with Crippen LogP contribution < -0.4 is 5.32 Å². The summed E-state index contributed by atoms with van der Waals surface area (Å²) < 4.78 is 5.79. The fraction of sp³-hybridized carbons (Fsp3) is 0.346. The zero-order chi connectivity index (χ0) is 22.8. The number of para-hydroxylation sites is 1. The van der Waals surface area contributed by atoms with Crippen molar-refractivity contribution in [1.29, 1.82) is 0 Å². The highest BCUT2D eigenvalue weighted by Gasteiger charge is 2.28. The summed E-state index contributed by atoms with van der Waals surface area (Å²) in [6, 6.07) is 13.5. The Hall–Kier alpha value is -3.25. The van der Waals surface area contributed by atoms with E-state index in [0.29, 0.717) is 24.2 Å². The minimum Gasteiger partial charge on any atom is -0.449 e. The average molecular weight is 432 g/mol. The number of aromatic nitrogens is 1. The van der Waals surface area contributed by atoms with E-state index in [0.717, 1.165) is 46.3 Å². The number of carbonyl (C=O) groups is 2. The van der Waals surface area contributed by atoms with E-state index < -0.39 is 12.1 Å². The molecule has 0 radical (unpaired) electrons. The third kappa shape index (κ3) is 4.50. The van der Waals surface area contributed by atoms with Crippen LogP contribution in [0.5, 0.6) is 0 Å². The van der Waals surface area contributed by atoms with Crippen molar-refractivity contribution in [1.82, 2.24) is 9.88 Å². The Labute approximate surface area is 188 Å². The van der Waals surface area contributed by atoms with Crippen molar-refractivity contribution in [2.24, 2.45) is 0 Å². The van der Waals surface area contributed by atoms with Crippen molar-refractivity contribution >= 4 is 28.5 Å². The summed E-state index contributed by atoms with van der Waals surface area (Å²) in [7, 11) is 2.03. The molecule has 32 heavy (non-hydrogen) atoms. The number of esters is 1. The third-order valence-electron chi connectivity index (χ3n) is 5.84. The first-order valence-electron chi connectivity index (χ1n) is 11.0. The SMILES string of the molecule is CCC(OC(=O)c1c2c(nc3ccccc13)CCN(C)C2)C(=O)Nc1cc(C)cc(C)c1. The van der Waals surface area contributed by atoms with Gasteiger partial charge in [0.05, 0.1) is 11.1 Å². The van der Waals surface area contributed by atoms with Crippen LogP contribution in [0.3, 0.4) is 0 Å². The third-order valence-corrected chi connectivity index (χ3v) is 5.84. The van der Waals surface area contributed by atoms with Gasteiger partial charge in [0.2, 0.25) is 0 Å². The maximum absolute atomic E-state index is 13.4. The first-order valence-corrected chi connectivity index (χ1v) is 11.0. The fourth-order valence-electron chi connectivity index (χ4n) is 4.34. The molecule has 1 N–H and O–H groups in total. The Morgan fingerprint density at radius 1 is 1.16 bits per heavy atom. The molecule has 1 atom stereocenters. The lowest BCUT2D eigenvalue weighted by Gasteiger charge is -2.27. The lowest BCUT2D eigenvalue weighted by Crippen LogP contribution is -2.34. The highest BCUT2D eigenvalue weighted by molar-refractivity contribution is 6.06. The molecular weight excluding hydrogens is 402 g/mol. The van der Waals surface area contributed by atoms with Gasteiger partial charge in [-0.05, 0) is 56.6 Å². The molecule has 166 valence electrons. The van der Waals surface area contributed by atoms with Crippen LogP contribution in [-0.4, -0.2) is 41.5 Å². The quantitative estimate of drug-likeness (QED) is 0.606. The minimum atomic E-state index is -0.882. The van der Waals surface area contributed by atoms with E-state index in [-0.39, 0.29) is 5.91 Å². The Bertz CT molecular complexity index is 1170. The number of amides is 1. The first kappa shape index (κ1) is 22.0. The van der Waals surface area contributed by atoms with E-state index in [4.69, 9.17) is 9.72 Å². The number of aryl methyl sites for hydroxylation is 2. The molecule has 3 aromatic rings. The molecule has 1 aliphatic heterocycles. The van der Waals surface area contributed by atoms with E-state index in [2.05, 4.69) is 10.2 Å². The highest BCUT2D eigenvalue weighted by Crippen LogP contribution is 2.29. The number of hydrogen-bond donors (Lipinski definition) is 1. The molecule has 1 amide bonds. The number of likely N-dealkylation sites (N-methyl/N-ethyl adjacent to an activating group) is 1. The maximum atomic E-state index is 13.4. The van der Waals surface area contributed by atoms with Gasteiger partial charge < -0.3 is 15.0 Å². The molecule has 0 spiro atoms. The molecule has 2 aromatic carbocycles. The van der Waals surface area contributed by atoms with Crippen LogP contribution in [0, 0.1) is 13.8 Å². The zero-order valence-corrected chi connectivity index (χ0v) is 19.1. The molecule has 0 aliphatic carbocycles. The minimum absolute atomic E-state index is 0.324. The number of benzene rings is 2. The number of hydrogen-bond acceptors (Lipinski definition) is 5. The second kappa shape index (κ2) is 9.09. The number of rotatable bonds is 5. The molecule has 0 fully saturated rings. The van der Waals surface area contributed by atoms with E-state index in [1.165, 1.54) is 0 Å². The molecule has 1 unspecified atom stereocenters. The highest BCUT2D eigenvalue weighted by atomic mass is 16.5. The smallest absolute Gasteiger partial charge is 0.340 e. The van der Waals surface area contributed by atoms with Crippen LogP contribution in [0.2, 0.25) is 0 Å². The predicted octanol–water partition coefficient (Wildman–Crippen LogP) is 4.41. The average Bonchev–Trinajstić information content (AvgIpc) is 2.74. The number of carbonyl (C=O) groups excluding carboxylic acids is 2. The largest absolute Gasteiger partial charge is 0.449 e. The van der Waals surface area contributed by atoms with Gasteiger partial charge in [-0.1, -0.05) is 31.2 Å². The second-order valence-electron chi connectivity index (χ2n) is 8.58. The van der Waals surface area contributed by atoms with E-state index in [1.807, 2.05) is 70.3 Å². The van der Waals surface area contributed by atoms with Gasteiger partial charge in [0.15, 0.2) is 6.10 Å². The number of nitrogens with zero attached hydrogens (tertiary/aromatic N) is 2. The van der Waals surface area contributed by atoms with Crippen molar-refractivity contribution < 1.29 is 14.3 Å². The van der Waals surface area contributed by atoms with Gasteiger partial charge in [-0.15, -0.1) is 0 Å². The predicted molar refractivity (Wildman–Crippen MR) is 126 cm³/mol. The Morgan fingerprint density at radius 2 is 1.88 bits per heavy atom. The summed E-state index contributed by atoms with van der Waals surface area (Å²) >= 11 is 0. The van der Waals surface area contributed by atoms with Gasteiger partial charge in [-0.3, -0.25) is 9.78 Å². The van der Waals surface area contributed by atoms with Gasteiger partial charge in [0.1, 0.15) is 0 Å². The van der Waals surface area contributed by atoms with Crippen molar-refractivity contribution in [2.45, 2.75) is 46.3 Å². The zero-order valence-electron chi connectivity index (χ0n) is 19.1. The van der Waals surface area contributed by atoms with Gasteiger partial charge in [0, 0.05) is 41.8 Å². The van der Waals surface area contributed by atoms with Crippen molar-refractivity contribution in [3.8, 4) is 0 Å². The summed E-state index contributed by atoms with van der Waals surface area (Å²) in [5.41, 5.74) is 5.95. The molecule has 1 aromatic heterocycles. The summed E-state index contributed by atoms with van der Waals surface area (Å²) in [4.78, 5) is 33.3. The van der Waals surface area contributed by atoms with Gasteiger partial charge in [0.25, 0.3) is 5.91 Å². The number of anilines is 1. The van der Waals surface area contributed by atoms with Gasteiger partial charge >= 0.3 is 5.97 Å². The van der Waals surface area contributed by atoms with E-state index in [1.54, 1.807) is 0 Å². The molecule has 6 heteroatoms. The topological polar surface area (TPSA) is 71.5 Å². The maximum Gasteiger partial charge on any atom is 0.340 e. The lowest BCUT2D eigenvalue weighted by molar-refractivity contribution is -0.124. The lowest BCUT2D eigenvalue weighted by atomic mass is 9.96. The van der Waals surface area contributed by atoms with Gasteiger partial charge in [-0.2, -0.15) is 0 Å². The molecular formula is C26H29N3O3.